The summed E-state index contributed by atoms with van der Waals surface area (Å²) in [6.07, 6.45) is 2.73. The molecule has 1 aliphatic heterocycles. The Balaban J connectivity index is 1.76. The molecule has 4 N–H and O–H groups in total. The first-order valence-corrected chi connectivity index (χ1v) is 11.4. The molecule has 0 aliphatic carbocycles. The SMILES string of the molecule is C=CC(=O)N[C@H]1COC[C@H]1Nc1cc2c(NCCO)nc(-c3c(F)c(OC)cc(OC)c3F)cc2cn1. The Bertz CT molecular complexity index is 1290. The van der Waals surface area contributed by atoms with Gasteiger partial charge >= 0.3 is 0 Å². The molecule has 1 saturated heterocycles. The maximum absolute atomic E-state index is 15.2. The highest BCUT2D eigenvalue weighted by Gasteiger charge is 2.29. The number of amides is 1. The first kappa shape index (κ1) is 26.0. The Labute approximate surface area is 211 Å². The number of carbonyl (C=O) groups excluding carboxylic acids is 1. The van der Waals surface area contributed by atoms with E-state index in [-0.39, 0.29) is 54.2 Å². The summed E-state index contributed by atoms with van der Waals surface area (Å²) < 4.78 is 45.9. The van der Waals surface area contributed by atoms with Gasteiger partial charge in [-0.25, -0.2) is 18.7 Å². The molecule has 3 aromatic rings. The predicted octanol–water partition coefficient (Wildman–Crippen LogP) is 2.48. The second-order valence-electron chi connectivity index (χ2n) is 8.19. The maximum atomic E-state index is 15.2. The van der Waals surface area contributed by atoms with Crippen molar-refractivity contribution in [1.29, 1.82) is 0 Å². The van der Waals surface area contributed by atoms with Gasteiger partial charge in [0.15, 0.2) is 23.1 Å². The lowest BCUT2D eigenvalue weighted by Gasteiger charge is -2.20. The number of hydrogen-bond acceptors (Lipinski definition) is 9. The van der Waals surface area contributed by atoms with Crippen LogP contribution in [-0.2, 0) is 9.53 Å². The van der Waals surface area contributed by atoms with Gasteiger partial charge < -0.3 is 35.3 Å². The number of carbonyl (C=O) groups is 1. The van der Waals surface area contributed by atoms with Crippen molar-refractivity contribution in [3.05, 3.63) is 48.7 Å². The Morgan fingerprint density at radius 1 is 1.19 bits per heavy atom. The summed E-state index contributed by atoms with van der Waals surface area (Å²) in [7, 11) is 2.53. The average Bonchev–Trinajstić information content (AvgIpc) is 3.33. The number of aromatic nitrogens is 2. The van der Waals surface area contributed by atoms with E-state index < -0.39 is 17.2 Å². The molecule has 1 fully saturated rings. The van der Waals surface area contributed by atoms with Crippen molar-refractivity contribution in [3.63, 3.8) is 0 Å². The Morgan fingerprint density at radius 2 is 1.89 bits per heavy atom. The van der Waals surface area contributed by atoms with E-state index in [1.165, 1.54) is 32.6 Å². The van der Waals surface area contributed by atoms with Gasteiger partial charge in [0.05, 0.1) is 57.4 Å². The number of nitrogens with one attached hydrogen (secondary N) is 3. The molecule has 3 heterocycles. The molecule has 1 aliphatic rings. The van der Waals surface area contributed by atoms with Crippen LogP contribution >= 0.6 is 0 Å². The van der Waals surface area contributed by atoms with Crippen molar-refractivity contribution in [2.75, 3.05) is 51.2 Å². The highest BCUT2D eigenvalue weighted by molar-refractivity contribution is 5.96. The zero-order valence-electron chi connectivity index (χ0n) is 20.3. The van der Waals surface area contributed by atoms with E-state index in [0.717, 1.165) is 6.07 Å². The van der Waals surface area contributed by atoms with Crippen LogP contribution in [0.25, 0.3) is 22.0 Å². The standard InChI is InChI=1S/C25H27F2N5O5/c1-4-21(34)31-17-12-37-11-16(17)30-20-8-14-13(10-29-20)7-15(32-25(14)28-5-6-33)22-23(26)18(35-2)9-19(36-3)24(22)27/h4,7-10,16-17,33H,1,5-6,11-12H2,2-3H3,(H,28,32)(H,29,30)(H,31,34)/t16-,17+/m1/s1. The molecule has 0 unspecified atom stereocenters. The van der Waals surface area contributed by atoms with Gasteiger partial charge in [-0.2, -0.15) is 0 Å². The summed E-state index contributed by atoms with van der Waals surface area (Å²) in [6.45, 7) is 4.10. The zero-order valence-corrected chi connectivity index (χ0v) is 20.3. The van der Waals surface area contributed by atoms with Crippen LogP contribution in [0.3, 0.4) is 0 Å². The van der Waals surface area contributed by atoms with Crippen LogP contribution in [0.1, 0.15) is 0 Å². The van der Waals surface area contributed by atoms with E-state index in [9.17, 15) is 9.90 Å². The number of anilines is 2. The molecule has 4 rings (SSSR count). The van der Waals surface area contributed by atoms with Crippen molar-refractivity contribution >= 4 is 28.3 Å². The van der Waals surface area contributed by atoms with Crippen LogP contribution < -0.4 is 25.4 Å². The van der Waals surface area contributed by atoms with E-state index in [0.29, 0.717) is 29.8 Å². The van der Waals surface area contributed by atoms with Crippen molar-refractivity contribution in [1.82, 2.24) is 15.3 Å². The number of hydrogen-bond donors (Lipinski definition) is 4. The molecule has 10 nitrogen and oxygen atoms in total. The van der Waals surface area contributed by atoms with Gasteiger partial charge in [0, 0.05) is 29.6 Å². The lowest BCUT2D eigenvalue weighted by Crippen LogP contribution is -2.45. The van der Waals surface area contributed by atoms with Crippen LogP contribution in [0.4, 0.5) is 20.4 Å². The molecule has 37 heavy (non-hydrogen) atoms. The molecule has 0 bridgehead atoms. The molecule has 2 atom stereocenters. The van der Waals surface area contributed by atoms with Crippen LogP contribution in [0.15, 0.2) is 37.1 Å². The van der Waals surface area contributed by atoms with Crippen LogP contribution in [-0.4, -0.2) is 73.7 Å². The van der Waals surface area contributed by atoms with E-state index in [2.05, 4.69) is 32.5 Å². The minimum atomic E-state index is -0.930. The fourth-order valence-corrected chi connectivity index (χ4v) is 4.04. The maximum Gasteiger partial charge on any atom is 0.243 e. The van der Waals surface area contributed by atoms with Crippen LogP contribution in [0, 0.1) is 11.6 Å². The number of methoxy groups -OCH3 is 2. The van der Waals surface area contributed by atoms with E-state index >= 15 is 8.78 Å². The Kier molecular flexibility index (Phi) is 7.99. The number of rotatable bonds is 10. The molecule has 1 amide bonds. The average molecular weight is 516 g/mol. The summed E-state index contributed by atoms with van der Waals surface area (Å²) in [6, 6.07) is 3.81. The minimum Gasteiger partial charge on any atom is -0.494 e. The van der Waals surface area contributed by atoms with Gasteiger partial charge in [0.1, 0.15) is 11.6 Å². The summed E-state index contributed by atoms with van der Waals surface area (Å²) >= 11 is 0. The number of pyridine rings is 2. The van der Waals surface area contributed by atoms with Gasteiger partial charge in [-0.3, -0.25) is 4.79 Å². The van der Waals surface area contributed by atoms with E-state index in [1.807, 2.05) is 0 Å². The summed E-state index contributed by atoms with van der Waals surface area (Å²) in [5.74, 6) is -1.81. The molecule has 12 heteroatoms. The predicted molar refractivity (Wildman–Crippen MR) is 134 cm³/mol. The largest absolute Gasteiger partial charge is 0.494 e. The molecule has 1 aromatic carbocycles. The molecule has 0 spiro atoms. The van der Waals surface area contributed by atoms with Gasteiger partial charge in [-0.1, -0.05) is 6.58 Å². The highest BCUT2D eigenvalue weighted by Crippen LogP contribution is 2.39. The zero-order chi connectivity index (χ0) is 26.5. The number of ether oxygens (including phenoxy) is 3. The summed E-state index contributed by atoms with van der Waals surface area (Å²) in [5, 5.41) is 19.5. The summed E-state index contributed by atoms with van der Waals surface area (Å²) in [5.41, 5.74) is -0.435. The van der Waals surface area contributed by atoms with E-state index in [1.54, 1.807) is 6.07 Å². The lowest BCUT2D eigenvalue weighted by atomic mass is 10.1. The molecule has 2 aromatic heterocycles. The Hall–Kier alpha value is -4.03. The van der Waals surface area contributed by atoms with Crippen molar-refractivity contribution in [3.8, 4) is 22.8 Å². The van der Waals surface area contributed by atoms with Crippen LogP contribution in [0.5, 0.6) is 11.5 Å². The molecule has 0 saturated carbocycles. The highest BCUT2D eigenvalue weighted by atomic mass is 19.1. The number of aliphatic hydroxyl groups is 1. The van der Waals surface area contributed by atoms with Crippen LogP contribution in [0.2, 0.25) is 0 Å². The fourth-order valence-electron chi connectivity index (χ4n) is 4.04. The smallest absolute Gasteiger partial charge is 0.243 e. The first-order chi connectivity index (χ1) is 17.9. The molecule has 0 radical (unpaired) electrons. The number of fused-ring (bicyclic) bond motifs is 1. The Morgan fingerprint density at radius 3 is 2.54 bits per heavy atom. The normalized spacial score (nSPS) is 16.9. The monoisotopic (exact) mass is 515 g/mol. The topological polar surface area (TPSA) is 127 Å². The molecule has 196 valence electrons. The molecular weight excluding hydrogens is 488 g/mol. The van der Waals surface area contributed by atoms with Gasteiger partial charge in [0.25, 0.3) is 0 Å². The summed E-state index contributed by atoms with van der Waals surface area (Å²) in [4.78, 5) is 20.6. The lowest BCUT2D eigenvalue weighted by molar-refractivity contribution is -0.117. The number of nitrogens with zero attached hydrogens (tertiary/aromatic N) is 2. The van der Waals surface area contributed by atoms with Crippen molar-refractivity contribution < 1.29 is 32.9 Å². The van der Waals surface area contributed by atoms with Crippen molar-refractivity contribution in [2.24, 2.45) is 0 Å². The number of halogens is 2. The third kappa shape index (κ3) is 5.39. The van der Waals surface area contributed by atoms with Gasteiger partial charge in [-0.15, -0.1) is 0 Å². The first-order valence-electron chi connectivity index (χ1n) is 11.4. The fraction of sp³-hybridized carbons (Fsp3) is 0.320. The number of aliphatic hydroxyl groups excluding tert-OH is 1. The van der Waals surface area contributed by atoms with Gasteiger partial charge in [0.2, 0.25) is 5.91 Å². The third-order valence-electron chi connectivity index (χ3n) is 5.88. The second-order valence-corrected chi connectivity index (χ2v) is 8.19. The van der Waals surface area contributed by atoms with Crippen molar-refractivity contribution in [2.45, 2.75) is 12.1 Å². The second kappa shape index (κ2) is 11.4. The minimum absolute atomic E-state index is 0.0148. The number of benzene rings is 1. The third-order valence-corrected chi connectivity index (χ3v) is 5.88. The molecular formula is C25H27F2N5O5. The quantitative estimate of drug-likeness (QED) is 0.301. The van der Waals surface area contributed by atoms with Gasteiger partial charge in [-0.05, 0) is 18.2 Å². The van der Waals surface area contributed by atoms with E-state index in [4.69, 9.17) is 14.2 Å².